The van der Waals surface area contributed by atoms with Crippen LogP contribution in [0, 0.1) is 0 Å². The van der Waals surface area contributed by atoms with Gasteiger partial charge in [-0.1, -0.05) is 23.1 Å². The molecule has 0 bridgehead atoms. The Bertz CT molecular complexity index is 767. The van der Waals surface area contributed by atoms with E-state index in [1.807, 2.05) is 12.1 Å². The van der Waals surface area contributed by atoms with Crippen molar-refractivity contribution in [1.82, 2.24) is 10.2 Å². The number of methoxy groups -OCH3 is 1. The Morgan fingerprint density at radius 3 is 3.04 bits per heavy atom. The molecule has 3 heterocycles. The molecule has 0 saturated carbocycles. The third-order valence-corrected chi connectivity index (χ3v) is 4.89. The van der Waals surface area contributed by atoms with Gasteiger partial charge in [0.2, 0.25) is 5.13 Å². The van der Waals surface area contributed by atoms with E-state index in [4.69, 9.17) is 13.6 Å². The zero-order chi connectivity index (χ0) is 16.1. The molecule has 0 atom stereocenters. The normalized spacial score (nSPS) is 10.7. The maximum atomic E-state index is 11.6. The molecule has 3 aromatic heterocycles. The number of hydrogen-bond donors (Lipinski definition) is 1. The Balaban J connectivity index is 1.55. The summed E-state index contributed by atoms with van der Waals surface area (Å²) in [5, 5.41) is 12.0. The number of esters is 1. The maximum Gasteiger partial charge on any atom is 0.341 e. The van der Waals surface area contributed by atoms with Crippen LogP contribution in [0.2, 0.25) is 0 Å². The van der Waals surface area contributed by atoms with Gasteiger partial charge in [-0.05, 0) is 18.2 Å². The van der Waals surface area contributed by atoms with Crippen LogP contribution in [-0.4, -0.2) is 23.3 Å². The lowest BCUT2D eigenvalue weighted by Crippen LogP contribution is -2.02. The van der Waals surface area contributed by atoms with Gasteiger partial charge in [0.15, 0.2) is 4.34 Å². The van der Waals surface area contributed by atoms with E-state index in [-0.39, 0.29) is 0 Å². The number of thioether (sulfide) groups is 1. The first kappa shape index (κ1) is 15.6. The smallest absolute Gasteiger partial charge is 0.341 e. The first-order chi connectivity index (χ1) is 11.3. The molecule has 1 N–H and O–H groups in total. The van der Waals surface area contributed by atoms with Crippen LogP contribution in [0.25, 0.3) is 0 Å². The van der Waals surface area contributed by atoms with Crippen molar-refractivity contribution in [3.63, 3.8) is 0 Å². The van der Waals surface area contributed by atoms with Crippen molar-refractivity contribution in [3.8, 4) is 0 Å². The number of nitrogens with one attached hydrogen (secondary N) is 1. The van der Waals surface area contributed by atoms with Gasteiger partial charge < -0.3 is 18.9 Å². The molecular weight excluding hydrogens is 338 g/mol. The van der Waals surface area contributed by atoms with Gasteiger partial charge in [0.1, 0.15) is 17.1 Å². The average Bonchev–Trinajstić information content (AvgIpc) is 3.31. The minimum atomic E-state index is -0.410. The Labute approximate surface area is 140 Å². The summed E-state index contributed by atoms with van der Waals surface area (Å²) in [6.45, 7) is 0.553. The van der Waals surface area contributed by atoms with E-state index in [0.717, 1.165) is 10.1 Å². The van der Waals surface area contributed by atoms with Crippen molar-refractivity contribution < 1.29 is 18.4 Å². The van der Waals surface area contributed by atoms with E-state index in [1.54, 1.807) is 12.3 Å². The highest BCUT2D eigenvalue weighted by Crippen LogP contribution is 2.30. The molecule has 0 aliphatic heterocycles. The zero-order valence-electron chi connectivity index (χ0n) is 12.1. The maximum absolute atomic E-state index is 11.6. The number of furan rings is 2. The zero-order valence-corrected chi connectivity index (χ0v) is 13.8. The van der Waals surface area contributed by atoms with Crippen LogP contribution >= 0.6 is 23.1 Å². The summed E-state index contributed by atoms with van der Waals surface area (Å²) in [6.07, 6.45) is 3.10. The summed E-state index contributed by atoms with van der Waals surface area (Å²) in [6, 6.07) is 5.31. The summed E-state index contributed by atoms with van der Waals surface area (Å²) < 4.78 is 16.0. The van der Waals surface area contributed by atoms with E-state index in [1.165, 1.54) is 36.5 Å². The Morgan fingerprint density at radius 1 is 1.35 bits per heavy atom. The van der Waals surface area contributed by atoms with Gasteiger partial charge in [0.05, 0.1) is 31.9 Å². The fraction of sp³-hybridized carbons (Fsp3) is 0.214. The van der Waals surface area contributed by atoms with E-state index in [2.05, 4.69) is 15.5 Å². The van der Waals surface area contributed by atoms with E-state index in [0.29, 0.717) is 28.8 Å². The second-order valence-electron chi connectivity index (χ2n) is 4.34. The lowest BCUT2D eigenvalue weighted by Gasteiger charge is -1.99. The number of carbonyl (C=O) groups excluding carboxylic acids is 1. The fourth-order valence-electron chi connectivity index (χ4n) is 1.79. The quantitative estimate of drug-likeness (QED) is 0.511. The van der Waals surface area contributed by atoms with Crippen molar-refractivity contribution in [2.45, 2.75) is 16.6 Å². The molecule has 3 aromatic rings. The summed E-state index contributed by atoms with van der Waals surface area (Å²) in [7, 11) is 1.34. The van der Waals surface area contributed by atoms with Crippen LogP contribution in [0.4, 0.5) is 5.13 Å². The van der Waals surface area contributed by atoms with Crippen LogP contribution in [0.5, 0.6) is 0 Å². The van der Waals surface area contributed by atoms with Gasteiger partial charge in [-0.2, -0.15) is 0 Å². The van der Waals surface area contributed by atoms with Crippen LogP contribution in [0.1, 0.15) is 21.9 Å². The van der Waals surface area contributed by atoms with Crippen LogP contribution in [0.3, 0.4) is 0 Å². The van der Waals surface area contributed by atoms with E-state index in [9.17, 15) is 4.79 Å². The number of aromatic nitrogens is 2. The Morgan fingerprint density at radius 2 is 2.26 bits per heavy atom. The van der Waals surface area contributed by atoms with Gasteiger partial charge in [0, 0.05) is 0 Å². The predicted molar refractivity (Wildman–Crippen MR) is 85.6 cm³/mol. The molecule has 0 aliphatic rings. The molecule has 0 radical (unpaired) electrons. The summed E-state index contributed by atoms with van der Waals surface area (Å²) >= 11 is 2.87. The number of anilines is 1. The SMILES string of the molecule is COC(=O)c1ccoc1CSc1nnc(NCc2ccco2)s1. The third kappa shape index (κ3) is 3.93. The van der Waals surface area contributed by atoms with E-state index < -0.39 is 5.97 Å². The molecule has 0 aromatic carbocycles. The minimum Gasteiger partial charge on any atom is -0.468 e. The Hall–Kier alpha value is -2.26. The molecule has 9 heteroatoms. The van der Waals surface area contributed by atoms with Gasteiger partial charge >= 0.3 is 5.97 Å². The molecule has 23 heavy (non-hydrogen) atoms. The predicted octanol–water partition coefficient (Wildman–Crippen LogP) is 3.42. The van der Waals surface area contributed by atoms with Crippen LogP contribution in [-0.2, 0) is 17.0 Å². The Kier molecular flexibility index (Phi) is 4.99. The monoisotopic (exact) mass is 351 g/mol. The molecular formula is C14H13N3O4S2. The van der Waals surface area contributed by atoms with E-state index >= 15 is 0 Å². The molecule has 3 rings (SSSR count). The molecule has 0 spiro atoms. The summed E-state index contributed by atoms with van der Waals surface area (Å²) in [4.78, 5) is 11.6. The molecule has 0 saturated heterocycles. The lowest BCUT2D eigenvalue weighted by atomic mass is 10.3. The van der Waals surface area contributed by atoms with Crippen molar-refractivity contribution >= 4 is 34.2 Å². The molecule has 0 amide bonds. The topological polar surface area (TPSA) is 90.4 Å². The second-order valence-corrected chi connectivity index (χ2v) is 6.54. The third-order valence-electron chi connectivity index (χ3n) is 2.88. The van der Waals surface area contributed by atoms with Crippen molar-refractivity contribution in [3.05, 3.63) is 47.8 Å². The van der Waals surface area contributed by atoms with Crippen LogP contribution < -0.4 is 5.32 Å². The number of carbonyl (C=O) groups is 1. The first-order valence-electron chi connectivity index (χ1n) is 6.63. The van der Waals surface area contributed by atoms with Crippen molar-refractivity contribution in [1.29, 1.82) is 0 Å². The summed E-state index contributed by atoms with van der Waals surface area (Å²) in [5.41, 5.74) is 0.431. The van der Waals surface area contributed by atoms with Gasteiger partial charge in [0.25, 0.3) is 0 Å². The fourth-order valence-corrected chi connectivity index (χ4v) is 3.49. The molecule has 0 aliphatic carbocycles. The largest absolute Gasteiger partial charge is 0.468 e. The highest BCUT2D eigenvalue weighted by Gasteiger charge is 2.16. The number of nitrogens with zero attached hydrogens (tertiary/aromatic N) is 2. The van der Waals surface area contributed by atoms with Gasteiger partial charge in [-0.25, -0.2) is 4.79 Å². The van der Waals surface area contributed by atoms with Crippen molar-refractivity contribution in [2.75, 3.05) is 12.4 Å². The first-order valence-corrected chi connectivity index (χ1v) is 8.43. The van der Waals surface area contributed by atoms with Gasteiger partial charge in [-0.3, -0.25) is 0 Å². The lowest BCUT2D eigenvalue weighted by molar-refractivity contribution is 0.0598. The molecule has 120 valence electrons. The highest BCUT2D eigenvalue weighted by molar-refractivity contribution is 8.00. The summed E-state index contributed by atoms with van der Waals surface area (Å²) in [5.74, 6) is 1.45. The number of ether oxygens (including phenoxy) is 1. The molecule has 0 unspecified atom stereocenters. The number of rotatable bonds is 7. The van der Waals surface area contributed by atoms with Crippen molar-refractivity contribution in [2.24, 2.45) is 0 Å². The number of hydrogen-bond acceptors (Lipinski definition) is 9. The molecule has 0 fully saturated rings. The second kappa shape index (κ2) is 7.34. The van der Waals surface area contributed by atoms with Crippen LogP contribution in [0.15, 0.2) is 43.9 Å². The standard InChI is InChI=1S/C14H13N3O4S2/c1-19-12(18)10-4-6-21-11(10)8-22-14-17-16-13(23-14)15-7-9-3-2-5-20-9/h2-6H,7-8H2,1H3,(H,15,16). The molecule has 7 nitrogen and oxygen atoms in total. The average molecular weight is 351 g/mol. The highest BCUT2D eigenvalue weighted by atomic mass is 32.2. The van der Waals surface area contributed by atoms with Gasteiger partial charge in [-0.15, -0.1) is 10.2 Å². The minimum absolute atomic E-state index is 0.410.